The SMILES string of the molecule is COc1cccn(CC(=O)N2CCCCC2CCn2cccn2)c1=O. The van der Waals surface area contributed by atoms with Gasteiger partial charge in [-0.3, -0.25) is 14.3 Å². The van der Waals surface area contributed by atoms with Gasteiger partial charge in [-0.05, 0) is 43.9 Å². The molecule has 2 aromatic heterocycles. The molecule has 0 aliphatic carbocycles. The normalized spacial score (nSPS) is 17.5. The van der Waals surface area contributed by atoms with Crippen molar-refractivity contribution < 1.29 is 9.53 Å². The Bertz CT molecular complexity index is 754. The van der Waals surface area contributed by atoms with E-state index in [-0.39, 0.29) is 29.8 Å². The van der Waals surface area contributed by atoms with Gasteiger partial charge in [-0.1, -0.05) is 0 Å². The summed E-state index contributed by atoms with van der Waals surface area (Å²) in [5.41, 5.74) is -0.275. The van der Waals surface area contributed by atoms with Crippen molar-refractivity contribution >= 4 is 5.91 Å². The first-order valence-electron chi connectivity index (χ1n) is 8.69. The van der Waals surface area contributed by atoms with E-state index in [1.165, 1.54) is 11.7 Å². The summed E-state index contributed by atoms with van der Waals surface area (Å²) in [5.74, 6) is 0.240. The second kappa shape index (κ2) is 8.00. The number of ether oxygens (including phenoxy) is 1. The Morgan fingerprint density at radius 1 is 1.32 bits per heavy atom. The van der Waals surface area contributed by atoms with Crippen LogP contribution in [0.5, 0.6) is 5.75 Å². The van der Waals surface area contributed by atoms with Gasteiger partial charge in [0, 0.05) is 37.7 Å². The van der Waals surface area contributed by atoms with Gasteiger partial charge in [0.15, 0.2) is 5.75 Å². The number of aromatic nitrogens is 3. The number of hydrogen-bond acceptors (Lipinski definition) is 4. The maximum absolute atomic E-state index is 12.8. The van der Waals surface area contributed by atoms with Crippen LogP contribution in [0.3, 0.4) is 0 Å². The Morgan fingerprint density at radius 2 is 2.20 bits per heavy atom. The van der Waals surface area contributed by atoms with Gasteiger partial charge in [0.2, 0.25) is 5.91 Å². The molecule has 1 saturated heterocycles. The van der Waals surface area contributed by atoms with E-state index in [0.29, 0.717) is 0 Å². The number of likely N-dealkylation sites (tertiary alicyclic amines) is 1. The number of amides is 1. The minimum atomic E-state index is -0.275. The summed E-state index contributed by atoms with van der Waals surface area (Å²) < 4.78 is 8.36. The average Bonchev–Trinajstić information content (AvgIpc) is 3.15. The Kier molecular flexibility index (Phi) is 5.53. The van der Waals surface area contributed by atoms with E-state index >= 15 is 0 Å². The quantitative estimate of drug-likeness (QED) is 0.797. The monoisotopic (exact) mass is 344 g/mol. The summed E-state index contributed by atoms with van der Waals surface area (Å²) in [6.07, 6.45) is 9.35. The highest BCUT2D eigenvalue weighted by atomic mass is 16.5. The first-order chi connectivity index (χ1) is 12.2. The van der Waals surface area contributed by atoms with Crippen molar-refractivity contribution in [1.29, 1.82) is 0 Å². The van der Waals surface area contributed by atoms with Crippen molar-refractivity contribution in [3.8, 4) is 5.75 Å². The third-order valence-corrected chi connectivity index (χ3v) is 4.71. The maximum atomic E-state index is 12.8. The number of piperidine rings is 1. The molecule has 2 aromatic rings. The maximum Gasteiger partial charge on any atom is 0.293 e. The molecular weight excluding hydrogens is 320 g/mol. The minimum Gasteiger partial charge on any atom is -0.491 e. The molecular formula is C18H24N4O3. The summed E-state index contributed by atoms with van der Waals surface area (Å²) in [6, 6.07) is 5.43. The smallest absolute Gasteiger partial charge is 0.293 e. The van der Waals surface area contributed by atoms with Crippen LogP contribution in [-0.2, 0) is 17.9 Å². The van der Waals surface area contributed by atoms with E-state index in [0.717, 1.165) is 38.8 Å². The molecule has 0 spiro atoms. The van der Waals surface area contributed by atoms with Gasteiger partial charge in [0.05, 0.1) is 7.11 Å². The summed E-state index contributed by atoms with van der Waals surface area (Å²) in [4.78, 5) is 27.0. The fourth-order valence-corrected chi connectivity index (χ4v) is 3.37. The minimum absolute atomic E-state index is 0.0134. The lowest BCUT2D eigenvalue weighted by Crippen LogP contribution is -2.46. The standard InChI is InChI=1S/C18H24N4O3/c1-25-16-7-4-10-20(18(16)24)14-17(23)22-12-3-2-6-15(22)8-13-21-11-5-9-19-21/h4-5,7,9-11,15H,2-3,6,8,12-14H2,1H3. The van der Waals surface area contributed by atoms with Crippen LogP contribution in [-0.4, -0.2) is 44.9 Å². The zero-order valence-electron chi connectivity index (χ0n) is 14.5. The van der Waals surface area contributed by atoms with E-state index in [4.69, 9.17) is 4.74 Å². The number of nitrogens with zero attached hydrogens (tertiary/aromatic N) is 4. The number of pyridine rings is 1. The molecule has 25 heavy (non-hydrogen) atoms. The average molecular weight is 344 g/mol. The summed E-state index contributed by atoms with van der Waals surface area (Å²) >= 11 is 0. The van der Waals surface area contributed by atoms with E-state index in [9.17, 15) is 9.59 Å². The van der Waals surface area contributed by atoms with E-state index in [1.807, 2.05) is 21.8 Å². The van der Waals surface area contributed by atoms with Crippen LogP contribution >= 0.6 is 0 Å². The highest BCUT2D eigenvalue weighted by Crippen LogP contribution is 2.20. The first-order valence-corrected chi connectivity index (χ1v) is 8.69. The summed E-state index contributed by atoms with van der Waals surface area (Å²) in [6.45, 7) is 1.59. The van der Waals surface area contributed by atoms with Crippen molar-refractivity contribution in [1.82, 2.24) is 19.2 Å². The third-order valence-electron chi connectivity index (χ3n) is 4.71. The molecule has 0 aromatic carbocycles. The summed E-state index contributed by atoms with van der Waals surface area (Å²) in [5, 5.41) is 4.22. The molecule has 0 saturated carbocycles. The molecule has 0 bridgehead atoms. The predicted molar refractivity (Wildman–Crippen MR) is 93.5 cm³/mol. The second-order valence-electron chi connectivity index (χ2n) is 6.30. The van der Waals surface area contributed by atoms with Crippen molar-refractivity contribution in [2.45, 2.75) is 44.8 Å². The Morgan fingerprint density at radius 3 is 2.96 bits per heavy atom. The number of aryl methyl sites for hydroxylation is 1. The van der Waals surface area contributed by atoms with Crippen LogP contribution in [0, 0.1) is 0 Å². The molecule has 1 aliphatic heterocycles. The molecule has 1 fully saturated rings. The fraction of sp³-hybridized carbons (Fsp3) is 0.500. The van der Waals surface area contributed by atoms with Crippen molar-refractivity contribution in [2.24, 2.45) is 0 Å². The van der Waals surface area contributed by atoms with Gasteiger partial charge in [0.1, 0.15) is 6.54 Å². The zero-order chi connectivity index (χ0) is 17.6. The summed E-state index contributed by atoms with van der Waals surface area (Å²) in [7, 11) is 1.46. The van der Waals surface area contributed by atoms with Gasteiger partial charge in [-0.15, -0.1) is 0 Å². The zero-order valence-corrected chi connectivity index (χ0v) is 14.5. The third kappa shape index (κ3) is 4.10. The number of methoxy groups -OCH3 is 1. The number of carbonyl (C=O) groups is 1. The van der Waals surface area contributed by atoms with Crippen LogP contribution in [0.1, 0.15) is 25.7 Å². The van der Waals surface area contributed by atoms with Crippen LogP contribution in [0.25, 0.3) is 0 Å². The van der Waals surface area contributed by atoms with Gasteiger partial charge in [0.25, 0.3) is 5.56 Å². The lowest BCUT2D eigenvalue weighted by Gasteiger charge is -2.36. The molecule has 0 N–H and O–H groups in total. The van der Waals surface area contributed by atoms with Crippen LogP contribution in [0.2, 0.25) is 0 Å². The number of carbonyl (C=O) groups excluding carboxylic acids is 1. The lowest BCUT2D eigenvalue weighted by atomic mass is 9.99. The topological polar surface area (TPSA) is 69.4 Å². The lowest BCUT2D eigenvalue weighted by molar-refractivity contribution is -0.135. The molecule has 134 valence electrons. The highest BCUT2D eigenvalue weighted by molar-refractivity contribution is 5.76. The number of hydrogen-bond donors (Lipinski definition) is 0. The van der Waals surface area contributed by atoms with Crippen molar-refractivity contribution in [3.63, 3.8) is 0 Å². The molecule has 7 heteroatoms. The largest absolute Gasteiger partial charge is 0.491 e. The van der Waals surface area contributed by atoms with Crippen LogP contribution in [0.4, 0.5) is 0 Å². The van der Waals surface area contributed by atoms with E-state index in [2.05, 4.69) is 5.10 Å². The highest BCUT2D eigenvalue weighted by Gasteiger charge is 2.26. The van der Waals surface area contributed by atoms with Crippen LogP contribution in [0.15, 0.2) is 41.6 Å². The fourth-order valence-electron chi connectivity index (χ4n) is 3.37. The Balaban J connectivity index is 1.67. The van der Waals surface area contributed by atoms with Gasteiger partial charge in [-0.2, -0.15) is 5.10 Å². The van der Waals surface area contributed by atoms with Crippen molar-refractivity contribution in [2.75, 3.05) is 13.7 Å². The second-order valence-corrected chi connectivity index (χ2v) is 6.30. The molecule has 3 rings (SSSR count). The van der Waals surface area contributed by atoms with E-state index in [1.54, 1.807) is 24.5 Å². The molecule has 7 nitrogen and oxygen atoms in total. The molecule has 1 atom stereocenters. The molecule has 3 heterocycles. The van der Waals surface area contributed by atoms with Gasteiger partial charge < -0.3 is 14.2 Å². The van der Waals surface area contributed by atoms with Gasteiger partial charge >= 0.3 is 0 Å². The predicted octanol–water partition coefficient (Wildman–Crippen LogP) is 1.52. The molecule has 1 unspecified atom stereocenters. The number of rotatable bonds is 6. The molecule has 1 aliphatic rings. The van der Waals surface area contributed by atoms with Gasteiger partial charge in [-0.25, -0.2) is 0 Å². The van der Waals surface area contributed by atoms with Crippen molar-refractivity contribution in [3.05, 3.63) is 47.1 Å². The van der Waals surface area contributed by atoms with E-state index < -0.39 is 0 Å². The molecule has 0 radical (unpaired) electrons. The van der Waals surface area contributed by atoms with Crippen LogP contribution < -0.4 is 10.3 Å². The Hall–Kier alpha value is -2.57. The molecule has 1 amide bonds. The Labute approximate surface area is 146 Å². The first kappa shape index (κ1) is 17.3.